The Bertz CT molecular complexity index is 475. The van der Waals surface area contributed by atoms with Crippen LogP contribution in [0.25, 0.3) is 0 Å². The molecule has 0 unspecified atom stereocenters. The minimum absolute atomic E-state index is 0.0375. The molecule has 0 aromatic heterocycles. The highest BCUT2D eigenvalue weighted by molar-refractivity contribution is 6.30. The number of hydrogen-bond acceptors (Lipinski definition) is 4. The molecule has 0 aliphatic carbocycles. The number of nitrogens with one attached hydrogen (secondary N) is 1. The van der Waals surface area contributed by atoms with Gasteiger partial charge < -0.3 is 19.5 Å². The van der Waals surface area contributed by atoms with Gasteiger partial charge in [0, 0.05) is 23.7 Å². The molecule has 0 saturated carbocycles. The highest BCUT2D eigenvalue weighted by Gasteiger charge is 2.16. The van der Waals surface area contributed by atoms with Crippen LogP contribution >= 0.6 is 11.6 Å². The highest BCUT2D eigenvalue weighted by atomic mass is 35.5. The van der Waals surface area contributed by atoms with Crippen LogP contribution in [0.2, 0.25) is 5.02 Å². The van der Waals surface area contributed by atoms with Gasteiger partial charge >= 0.3 is 0 Å². The SMILES string of the molecule is COc1cc(Cl)ccc1CNC(=O)COC[C@@H]1CCCO1. The maximum absolute atomic E-state index is 11.7. The quantitative estimate of drug-likeness (QED) is 0.838. The van der Waals surface area contributed by atoms with Crippen molar-refractivity contribution >= 4 is 17.5 Å². The lowest BCUT2D eigenvalue weighted by molar-refractivity contribution is -0.127. The standard InChI is InChI=1S/C15H20ClNO4/c1-19-14-7-12(16)5-4-11(14)8-17-15(18)10-20-9-13-3-2-6-21-13/h4-5,7,13H,2-3,6,8-10H2,1H3,(H,17,18)/t13-/m0/s1. The van der Waals surface area contributed by atoms with Crippen molar-refractivity contribution in [1.29, 1.82) is 0 Å². The predicted octanol–water partition coefficient (Wildman–Crippen LogP) is 2.16. The van der Waals surface area contributed by atoms with Gasteiger partial charge in [0.25, 0.3) is 0 Å². The number of hydrogen-bond donors (Lipinski definition) is 1. The van der Waals surface area contributed by atoms with Crippen molar-refractivity contribution in [2.75, 3.05) is 26.9 Å². The summed E-state index contributed by atoms with van der Waals surface area (Å²) in [6, 6.07) is 5.31. The molecule has 5 nitrogen and oxygen atoms in total. The lowest BCUT2D eigenvalue weighted by Gasteiger charge is -2.12. The first-order valence-corrected chi connectivity index (χ1v) is 7.35. The Hall–Kier alpha value is -1.30. The molecule has 21 heavy (non-hydrogen) atoms. The third kappa shape index (κ3) is 5.19. The average Bonchev–Trinajstić information content (AvgIpc) is 2.99. The number of carbonyl (C=O) groups excluding carboxylic acids is 1. The number of halogens is 1. The minimum atomic E-state index is -0.162. The van der Waals surface area contributed by atoms with E-state index in [1.54, 1.807) is 19.2 Å². The van der Waals surface area contributed by atoms with Crippen LogP contribution in [0.3, 0.4) is 0 Å². The topological polar surface area (TPSA) is 56.8 Å². The lowest BCUT2D eigenvalue weighted by atomic mass is 10.2. The van der Waals surface area contributed by atoms with E-state index in [1.807, 2.05) is 6.07 Å². The van der Waals surface area contributed by atoms with Crippen LogP contribution in [0.1, 0.15) is 18.4 Å². The Kier molecular flexibility index (Phi) is 6.29. The number of carbonyl (C=O) groups is 1. The summed E-state index contributed by atoms with van der Waals surface area (Å²) < 4.78 is 16.0. The number of rotatable bonds is 7. The zero-order valence-electron chi connectivity index (χ0n) is 12.1. The highest BCUT2D eigenvalue weighted by Crippen LogP contribution is 2.22. The molecule has 0 radical (unpaired) electrons. The van der Waals surface area contributed by atoms with Gasteiger partial charge in [-0.1, -0.05) is 17.7 Å². The summed E-state index contributed by atoms with van der Waals surface area (Å²) in [6.45, 7) is 1.67. The molecule has 6 heteroatoms. The zero-order chi connectivity index (χ0) is 15.1. The van der Waals surface area contributed by atoms with Crippen molar-refractivity contribution in [2.24, 2.45) is 0 Å². The van der Waals surface area contributed by atoms with Gasteiger partial charge in [0.2, 0.25) is 5.91 Å². The van der Waals surface area contributed by atoms with Crippen LogP contribution in [0, 0.1) is 0 Å². The van der Waals surface area contributed by atoms with Gasteiger partial charge in [-0.2, -0.15) is 0 Å². The molecule has 1 amide bonds. The van der Waals surface area contributed by atoms with Gasteiger partial charge in [-0.15, -0.1) is 0 Å². The predicted molar refractivity (Wildman–Crippen MR) is 79.6 cm³/mol. The second-order valence-electron chi connectivity index (χ2n) is 4.88. The van der Waals surface area contributed by atoms with E-state index in [4.69, 9.17) is 25.8 Å². The molecule has 1 saturated heterocycles. The van der Waals surface area contributed by atoms with Crippen molar-refractivity contribution < 1.29 is 19.0 Å². The second kappa shape index (κ2) is 8.22. The summed E-state index contributed by atoms with van der Waals surface area (Å²) >= 11 is 5.89. The molecule has 1 heterocycles. The van der Waals surface area contributed by atoms with Gasteiger partial charge in [-0.05, 0) is 25.0 Å². The summed E-state index contributed by atoms with van der Waals surface area (Å²) in [4.78, 5) is 11.7. The van der Waals surface area contributed by atoms with Gasteiger partial charge in [0.1, 0.15) is 12.4 Å². The maximum atomic E-state index is 11.7. The Morgan fingerprint density at radius 2 is 2.38 bits per heavy atom. The summed E-state index contributed by atoms with van der Waals surface area (Å²) in [5, 5.41) is 3.39. The molecule has 0 bridgehead atoms. The van der Waals surface area contributed by atoms with E-state index in [1.165, 1.54) is 0 Å². The van der Waals surface area contributed by atoms with E-state index in [0.717, 1.165) is 25.0 Å². The second-order valence-corrected chi connectivity index (χ2v) is 5.32. The first kappa shape index (κ1) is 16.1. The molecule has 1 aromatic carbocycles. The molecule has 1 N–H and O–H groups in total. The number of amides is 1. The van der Waals surface area contributed by atoms with E-state index >= 15 is 0 Å². The molecule has 1 aromatic rings. The Morgan fingerprint density at radius 3 is 3.10 bits per heavy atom. The number of benzene rings is 1. The molecule has 1 atom stereocenters. The van der Waals surface area contributed by atoms with Crippen LogP contribution in [0.4, 0.5) is 0 Å². The summed E-state index contributed by atoms with van der Waals surface area (Å²) in [7, 11) is 1.57. The molecule has 116 valence electrons. The molecule has 2 rings (SSSR count). The Morgan fingerprint density at radius 1 is 1.52 bits per heavy atom. The largest absolute Gasteiger partial charge is 0.496 e. The third-order valence-electron chi connectivity index (χ3n) is 3.29. The molecule has 1 fully saturated rings. The van der Waals surface area contributed by atoms with Crippen LogP contribution in [-0.2, 0) is 20.8 Å². The van der Waals surface area contributed by atoms with E-state index in [2.05, 4.69) is 5.32 Å². The van der Waals surface area contributed by atoms with E-state index < -0.39 is 0 Å². The van der Waals surface area contributed by atoms with Crippen LogP contribution in [0.5, 0.6) is 5.75 Å². The first-order chi connectivity index (χ1) is 10.2. The van der Waals surface area contributed by atoms with Crippen molar-refractivity contribution in [3.63, 3.8) is 0 Å². The average molecular weight is 314 g/mol. The fourth-order valence-electron chi connectivity index (χ4n) is 2.17. The molecule has 0 spiro atoms. The number of ether oxygens (including phenoxy) is 3. The van der Waals surface area contributed by atoms with E-state index in [0.29, 0.717) is 23.9 Å². The summed E-state index contributed by atoms with van der Waals surface area (Å²) in [5.74, 6) is 0.494. The van der Waals surface area contributed by atoms with Crippen LogP contribution in [0.15, 0.2) is 18.2 Å². The Labute approximate surface area is 129 Å². The van der Waals surface area contributed by atoms with Crippen molar-refractivity contribution in [1.82, 2.24) is 5.32 Å². The van der Waals surface area contributed by atoms with E-state index in [9.17, 15) is 4.79 Å². The van der Waals surface area contributed by atoms with Gasteiger partial charge in [-0.25, -0.2) is 0 Å². The third-order valence-corrected chi connectivity index (χ3v) is 3.52. The minimum Gasteiger partial charge on any atom is -0.496 e. The molecule has 1 aliphatic rings. The smallest absolute Gasteiger partial charge is 0.246 e. The van der Waals surface area contributed by atoms with Crippen LogP contribution in [-0.4, -0.2) is 38.9 Å². The molecular weight excluding hydrogens is 294 g/mol. The lowest BCUT2D eigenvalue weighted by Crippen LogP contribution is -2.28. The normalized spacial score (nSPS) is 17.7. The first-order valence-electron chi connectivity index (χ1n) is 6.97. The molecule has 1 aliphatic heterocycles. The Balaban J connectivity index is 1.70. The summed E-state index contributed by atoms with van der Waals surface area (Å²) in [6.07, 6.45) is 2.20. The maximum Gasteiger partial charge on any atom is 0.246 e. The van der Waals surface area contributed by atoms with Crippen molar-refractivity contribution in [3.8, 4) is 5.75 Å². The fraction of sp³-hybridized carbons (Fsp3) is 0.533. The van der Waals surface area contributed by atoms with Crippen LogP contribution < -0.4 is 10.1 Å². The van der Waals surface area contributed by atoms with E-state index in [-0.39, 0.29) is 18.6 Å². The zero-order valence-corrected chi connectivity index (χ0v) is 12.8. The fourth-order valence-corrected chi connectivity index (χ4v) is 2.33. The van der Waals surface area contributed by atoms with Crippen molar-refractivity contribution in [3.05, 3.63) is 28.8 Å². The number of methoxy groups -OCH3 is 1. The van der Waals surface area contributed by atoms with Crippen molar-refractivity contribution in [2.45, 2.75) is 25.5 Å². The van der Waals surface area contributed by atoms with Gasteiger partial charge in [0.15, 0.2) is 0 Å². The van der Waals surface area contributed by atoms with Gasteiger partial charge in [-0.3, -0.25) is 4.79 Å². The summed E-state index contributed by atoms with van der Waals surface area (Å²) in [5.41, 5.74) is 0.870. The van der Waals surface area contributed by atoms with Gasteiger partial charge in [0.05, 0.1) is 19.8 Å². The molecular formula is C15H20ClNO4. The monoisotopic (exact) mass is 313 g/mol.